The van der Waals surface area contributed by atoms with E-state index in [1.807, 2.05) is 42.5 Å². The van der Waals surface area contributed by atoms with Gasteiger partial charge in [0.05, 0.1) is 5.69 Å². The highest BCUT2D eigenvalue weighted by Gasteiger charge is 2.32. The topological polar surface area (TPSA) is 95.8 Å². The molecule has 1 aliphatic heterocycles. The number of hydrogen-bond acceptors (Lipinski definition) is 5. The number of aryl methyl sites for hydroxylation is 2. The zero-order chi connectivity index (χ0) is 21.3. The molecule has 0 bridgehead atoms. The lowest BCUT2D eigenvalue weighted by Crippen LogP contribution is -2.39. The van der Waals surface area contributed by atoms with Crippen LogP contribution in [0, 0.1) is 13.8 Å². The number of benzene rings is 2. The van der Waals surface area contributed by atoms with Gasteiger partial charge < -0.3 is 14.7 Å². The zero-order valence-corrected chi connectivity index (χ0v) is 17.8. The quantitative estimate of drug-likeness (QED) is 0.690. The highest BCUT2D eigenvalue weighted by Crippen LogP contribution is 2.25. The molecule has 0 atom stereocenters. The Kier molecular flexibility index (Phi) is 5.48. The fourth-order valence-electron chi connectivity index (χ4n) is 3.84. The summed E-state index contributed by atoms with van der Waals surface area (Å²) in [7, 11) is -3.72. The number of sulfonamides is 1. The van der Waals surface area contributed by atoms with Gasteiger partial charge in [0.15, 0.2) is 5.76 Å². The van der Waals surface area contributed by atoms with Crippen LogP contribution in [0.5, 0.6) is 0 Å². The first-order valence-corrected chi connectivity index (χ1v) is 11.3. The monoisotopic (exact) mass is 428 g/mol. The molecule has 0 radical (unpaired) electrons. The van der Waals surface area contributed by atoms with E-state index in [9.17, 15) is 13.2 Å². The Morgan fingerprint density at radius 2 is 1.80 bits per heavy atom. The Labute approximate surface area is 175 Å². The molecule has 30 heavy (non-hydrogen) atoms. The van der Waals surface area contributed by atoms with Crippen LogP contribution in [0.3, 0.4) is 0 Å². The predicted octanol–water partition coefficient (Wildman–Crippen LogP) is 3.37. The molecule has 1 N–H and O–H groups in total. The Bertz CT molecular complexity index is 1160. The number of hydrogen-bond donors (Lipinski definition) is 1. The number of nitrogens with zero attached hydrogens (tertiary/aromatic N) is 3. The van der Waals surface area contributed by atoms with Gasteiger partial charge in [0, 0.05) is 31.6 Å². The molecule has 2 heterocycles. The molecule has 1 aliphatic rings. The summed E-state index contributed by atoms with van der Waals surface area (Å²) < 4.78 is 32.6. The lowest BCUT2D eigenvalue weighted by atomic mass is 10.1. The number of carbonyl (C=O) groups is 1. The average molecular weight is 429 g/mol. The van der Waals surface area contributed by atoms with Crippen LogP contribution in [0.1, 0.15) is 17.9 Å². The molecule has 0 aliphatic carbocycles. The van der Waals surface area contributed by atoms with Crippen molar-refractivity contribution in [1.82, 2.24) is 14.4 Å². The number of anilines is 1. The maximum absolute atomic E-state index is 13.1. The normalized spacial score (nSPS) is 15.9. The van der Waals surface area contributed by atoms with Gasteiger partial charge in [-0.25, -0.2) is 13.2 Å². The van der Waals surface area contributed by atoms with Crippen molar-refractivity contribution in [3.05, 3.63) is 53.9 Å². The average Bonchev–Trinajstić information content (AvgIpc) is 2.93. The number of carbonyl (C=O) groups excluding carboxylic acids is 1. The first-order chi connectivity index (χ1) is 14.4. The van der Waals surface area contributed by atoms with E-state index >= 15 is 0 Å². The van der Waals surface area contributed by atoms with Gasteiger partial charge >= 0.3 is 6.03 Å². The van der Waals surface area contributed by atoms with Crippen molar-refractivity contribution in [1.29, 1.82) is 0 Å². The van der Waals surface area contributed by atoms with Crippen molar-refractivity contribution in [2.75, 3.05) is 31.5 Å². The van der Waals surface area contributed by atoms with E-state index in [1.165, 1.54) is 4.31 Å². The molecule has 8 nitrogen and oxygen atoms in total. The molecule has 1 aromatic heterocycles. The van der Waals surface area contributed by atoms with Gasteiger partial charge in [0.2, 0.25) is 10.0 Å². The molecule has 158 valence electrons. The van der Waals surface area contributed by atoms with Gasteiger partial charge in [0.25, 0.3) is 0 Å². The van der Waals surface area contributed by atoms with E-state index in [0.717, 1.165) is 16.5 Å². The molecular weight excluding hydrogens is 404 g/mol. The second kappa shape index (κ2) is 8.08. The lowest BCUT2D eigenvalue weighted by Gasteiger charge is -2.22. The van der Waals surface area contributed by atoms with Gasteiger partial charge in [0.1, 0.15) is 10.6 Å². The molecule has 3 aromatic rings. The van der Waals surface area contributed by atoms with Crippen molar-refractivity contribution < 1.29 is 17.7 Å². The zero-order valence-electron chi connectivity index (χ0n) is 17.0. The van der Waals surface area contributed by atoms with E-state index in [0.29, 0.717) is 31.7 Å². The first-order valence-electron chi connectivity index (χ1n) is 9.84. The maximum atomic E-state index is 13.1. The number of urea groups is 1. The summed E-state index contributed by atoms with van der Waals surface area (Å²) in [5, 5.41) is 8.74. The molecule has 0 saturated carbocycles. The van der Waals surface area contributed by atoms with Crippen LogP contribution in [0.25, 0.3) is 10.8 Å². The molecule has 2 amide bonds. The minimum absolute atomic E-state index is 0.121. The molecule has 9 heteroatoms. The number of amides is 2. The fourth-order valence-corrected chi connectivity index (χ4v) is 5.60. The number of nitrogens with one attached hydrogen (secondary N) is 1. The van der Waals surface area contributed by atoms with Crippen LogP contribution >= 0.6 is 0 Å². The van der Waals surface area contributed by atoms with Gasteiger partial charge in [-0.15, -0.1) is 0 Å². The summed E-state index contributed by atoms with van der Waals surface area (Å²) >= 11 is 0. The molecular formula is C21H24N4O4S. The highest BCUT2D eigenvalue weighted by atomic mass is 32.2. The summed E-state index contributed by atoms with van der Waals surface area (Å²) in [6, 6.07) is 13.4. The minimum atomic E-state index is -3.72. The molecule has 0 spiro atoms. The van der Waals surface area contributed by atoms with Crippen LogP contribution in [-0.4, -0.2) is 55.0 Å². The largest absolute Gasteiger partial charge is 0.360 e. The summed E-state index contributed by atoms with van der Waals surface area (Å²) in [6.45, 7) is 4.54. The third-order valence-electron chi connectivity index (χ3n) is 5.34. The first kappa shape index (κ1) is 20.4. The minimum Gasteiger partial charge on any atom is -0.360 e. The van der Waals surface area contributed by atoms with Crippen molar-refractivity contribution in [3.8, 4) is 0 Å². The molecule has 1 saturated heterocycles. The van der Waals surface area contributed by atoms with E-state index in [1.54, 1.807) is 18.7 Å². The van der Waals surface area contributed by atoms with Crippen LogP contribution in [0.15, 0.2) is 51.9 Å². The van der Waals surface area contributed by atoms with Crippen molar-refractivity contribution in [3.63, 3.8) is 0 Å². The summed E-state index contributed by atoms with van der Waals surface area (Å²) in [5.41, 5.74) is 1.09. The molecule has 0 unspecified atom stereocenters. The predicted molar refractivity (Wildman–Crippen MR) is 114 cm³/mol. The van der Waals surface area contributed by atoms with Crippen LogP contribution in [0.2, 0.25) is 0 Å². The van der Waals surface area contributed by atoms with Crippen LogP contribution in [-0.2, 0) is 10.0 Å². The second-order valence-electron chi connectivity index (χ2n) is 7.35. The van der Waals surface area contributed by atoms with Gasteiger partial charge in [-0.05, 0) is 31.7 Å². The Morgan fingerprint density at radius 3 is 2.57 bits per heavy atom. The smallest absolute Gasteiger partial charge is 0.321 e. The Balaban J connectivity index is 1.48. The van der Waals surface area contributed by atoms with Gasteiger partial charge in [-0.1, -0.05) is 41.6 Å². The van der Waals surface area contributed by atoms with E-state index in [2.05, 4.69) is 10.5 Å². The summed E-state index contributed by atoms with van der Waals surface area (Å²) in [6.07, 6.45) is 0.547. The lowest BCUT2D eigenvalue weighted by molar-refractivity contribution is 0.214. The Hall–Kier alpha value is -2.91. The molecule has 1 fully saturated rings. The van der Waals surface area contributed by atoms with Crippen LogP contribution < -0.4 is 5.32 Å². The molecule has 2 aromatic carbocycles. The SMILES string of the molecule is Cc1noc(C)c1S(=O)(=O)N1CCCN(C(=O)Nc2cccc3ccccc23)CC1. The van der Waals surface area contributed by atoms with E-state index in [4.69, 9.17) is 4.52 Å². The highest BCUT2D eigenvalue weighted by molar-refractivity contribution is 7.89. The third kappa shape index (κ3) is 3.78. The second-order valence-corrected chi connectivity index (χ2v) is 9.23. The number of aromatic nitrogens is 1. The van der Waals surface area contributed by atoms with Gasteiger partial charge in [-0.3, -0.25) is 0 Å². The maximum Gasteiger partial charge on any atom is 0.321 e. The van der Waals surface area contributed by atoms with E-state index < -0.39 is 10.0 Å². The summed E-state index contributed by atoms with van der Waals surface area (Å²) in [5.74, 6) is 0.280. The van der Waals surface area contributed by atoms with E-state index in [-0.39, 0.29) is 23.2 Å². The molecule has 4 rings (SSSR count). The van der Waals surface area contributed by atoms with Crippen molar-refractivity contribution >= 4 is 32.5 Å². The summed E-state index contributed by atoms with van der Waals surface area (Å²) in [4.78, 5) is 14.7. The standard InChI is InChI=1S/C21H24N4O4S/c1-15-20(16(2)29-23-15)30(27,28)25-12-6-11-24(13-14-25)21(26)22-19-10-5-8-17-7-3-4-9-18(17)19/h3-5,7-10H,6,11-14H2,1-2H3,(H,22,26). The van der Waals surface area contributed by atoms with Gasteiger partial charge in [-0.2, -0.15) is 4.31 Å². The van der Waals surface area contributed by atoms with Crippen LogP contribution in [0.4, 0.5) is 10.5 Å². The number of rotatable bonds is 3. The van der Waals surface area contributed by atoms with Crippen molar-refractivity contribution in [2.24, 2.45) is 0 Å². The fraction of sp³-hybridized carbons (Fsp3) is 0.333. The van der Waals surface area contributed by atoms with Crippen molar-refractivity contribution in [2.45, 2.75) is 25.2 Å². The number of fused-ring (bicyclic) bond motifs is 1. The third-order valence-corrected chi connectivity index (χ3v) is 7.48. The Morgan fingerprint density at radius 1 is 1.03 bits per heavy atom.